The molecule has 5 nitrogen and oxygen atoms in total. The molecular weight excluding hydrogens is 367 g/mol. The average Bonchev–Trinajstić information content (AvgIpc) is 2.70. The van der Waals surface area contributed by atoms with Gasteiger partial charge in [-0.25, -0.2) is 12.8 Å². The molecule has 146 valence electrons. The Balaban J connectivity index is 1.48. The van der Waals surface area contributed by atoms with E-state index >= 15 is 0 Å². The Labute approximate surface area is 160 Å². The highest BCUT2D eigenvalue weighted by molar-refractivity contribution is 7.89. The highest BCUT2D eigenvalue weighted by Gasteiger charge is 2.28. The smallest absolute Gasteiger partial charge is 0.243 e. The summed E-state index contributed by atoms with van der Waals surface area (Å²) in [5, 5.41) is 0. The summed E-state index contributed by atoms with van der Waals surface area (Å²) in [6.07, 6.45) is 0.888. The minimum Gasteiger partial charge on any atom is -0.492 e. The molecule has 0 unspecified atom stereocenters. The number of ether oxygens (including phenoxy) is 1. The van der Waals surface area contributed by atoms with Gasteiger partial charge in [0, 0.05) is 32.7 Å². The molecule has 1 aliphatic rings. The van der Waals surface area contributed by atoms with Crippen molar-refractivity contribution in [3.63, 3.8) is 0 Å². The first-order valence-corrected chi connectivity index (χ1v) is 10.6. The van der Waals surface area contributed by atoms with Crippen molar-refractivity contribution in [3.05, 3.63) is 59.9 Å². The van der Waals surface area contributed by atoms with Gasteiger partial charge < -0.3 is 4.74 Å². The first-order chi connectivity index (χ1) is 13.0. The summed E-state index contributed by atoms with van der Waals surface area (Å²) in [6, 6.07) is 13.1. The number of piperazine rings is 1. The van der Waals surface area contributed by atoms with Crippen LogP contribution in [-0.4, -0.2) is 57.0 Å². The fraction of sp³-hybridized carbons (Fsp3) is 0.400. The quantitative estimate of drug-likeness (QED) is 0.727. The van der Waals surface area contributed by atoms with E-state index in [1.807, 2.05) is 19.1 Å². The van der Waals surface area contributed by atoms with E-state index in [1.54, 1.807) is 28.6 Å². The molecule has 0 spiro atoms. The van der Waals surface area contributed by atoms with Crippen LogP contribution >= 0.6 is 0 Å². The van der Waals surface area contributed by atoms with Gasteiger partial charge in [0.25, 0.3) is 0 Å². The van der Waals surface area contributed by atoms with Crippen molar-refractivity contribution in [1.29, 1.82) is 0 Å². The lowest BCUT2D eigenvalue weighted by Gasteiger charge is -2.33. The lowest BCUT2D eigenvalue weighted by molar-refractivity contribution is 0.159. The fourth-order valence-corrected chi connectivity index (χ4v) is 4.49. The van der Waals surface area contributed by atoms with E-state index in [4.69, 9.17) is 4.74 Å². The van der Waals surface area contributed by atoms with Gasteiger partial charge in [0.15, 0.2) is 0 Å². The lowest BCUT2D eigenvalue weighted by Crippen LogP contribution is -2.49. The van der Waals surface area contributed by atoms with E-state index in [9.17, 15) is 12.8 Å². The third-order valence-electron chi connectivity index (χ3n) is 4.79. The number of hydrogen-bond acceptors (Lipinski definition) is 4. The molecule has 0 bridgehead atoms. The van der Waals surface area contributed by atoms with Crippen molar-refractivity contribution in [2.75, 3.05) is 39.3 Å². The second kappa shape index (κ2) is 8.82. The molecule has 27 heavy (non-hydrogen) atoms. The Kier molecular flexibility index (Phi) is 6.46. The van der Waals surface area contributed by atoms with Crippen molar-refractivity contribution in [2.24, 2.45) is 0 Å². The standard InChI is InChI=1S/C20H25FN2O3S/c1-2-17-3-9-20(10-4-17)27(24,25)23-13-11-22(12-14-23)15-16-26-19-7-5-18(21)6-8-19/h3-10H,2,11-16H2,1H3. The van der Waals surface area contributed by atoms with Crippen LogP contribution in [0.3, 0.4) is 0 Å². The van der Waals surface area contributed by atoms with Gasteiger partial charge in [-0.1, -0.05) is 19.1 Å². The minimum absolute atomic E-state index is 0.288. The Hall–Kier alpha value is -1.96. The van der Waals surface area contributed by atoms with Crippen LogP contribution < -0.4 is 4.74 Å². The van der Waals surface area contributed by atoms with Crippen molar-refractivity contribution >= 4 is 10.0 Å². The van der Waals surface area contributed by atoms with Crippen molar-refractivity contribution in [3.8, 4) is 5.75 Å². The topological polar surface area (TPSA) is 49.9 Å². The molecule has 0 saturated carbocycles. The SMILES string of the molecule is CCc1ccc(S(=O)(=O)N2CCN(CCOc3ccc(F)cc3)CC2)cc1. The second-order valence-electron chi connectivity index (χ2n) is 6.55. The van der Waals surface area contributed by atoms with E-state index in [0.717, 1.165) is 12.0 Å². The van der Waals surface area contributed by atoms with Crippen molar-refractivity contribution in [2.45, 2.75) is 18.2 Å². The Bertz CT molecular complexity index is 831. The third kappa shape index (κ3) is 5.06. The van der Waals surface area contributed by atoms with Crippen LogP contribution in [0.25, 0.3) is 0 Å². The van der Waals surface area contributed by atoms with Gasteiger partial charge in [0.05, 0.1) is 4.90 Å². The average molecular weight is 392 g/mol. The molecule has 1 aliphatic heterocycles. The predicted octanol–water partition coefficient (Wildman–Crippen LogP) is 2.77. The van der Waals surface area contributed by atoms with E-state index in [2.05, 4.69) is 4.90 Å². The minimum atomic E-state index is -3.44. The zero-order valence-electron chi connectivity index (χ0n) is 15.5. The van der Waals surface area contributed by atoms with Crippen LogP contribution in [0, 0.1) is 5.82 Å². The highest BCUT2D eigenvalue weighted by Crippen LogP contribution is 2.18. The maximum absolute atomic E-state index is 12.9. The summed E-state index contributed by atoms with van der Waals surface area (Å²) < 4.78 is 45.6. The van der Waals surface area contributed by atoms with Gasteiger partial charge in [-0.3, -0.25) is 4.90 Å². The van der Waals surface area contributed by atoms with Gasteiger partial charge in [-0.2, -0.15) is 4.31 Å². The summed E-state index contributed by atoms with van der Waals surface area (Å²) in [5.41, 5.74) is 1.12. The van der Waals surface area contributed by atoms with Crippen LogP contribution in [-0.2, 0) is 16.4 Å². The number of benzene rings is 2. The number of sulfonamides is 1. The van der Waals surface area contributed by atoms with E-state index in [-0.39, 0.29) is 5.82 Å². The van der Waals surface area contributed by atoms with Crippen molar-refractivity contribution < 1.29 is 17.5 Å². The van der Waals surface area contributed by atoms with Gasteiger partial charge in [-0.15, -0.1) is 0 Å². The molecule has 2 aromatic carbocycles. The Morgan fingerprint density at radius 2 is 1.59 bits per heavy atom. The van der Waals surface area contributed by atoms with E-state index in [0.29, 0.717) is 50.0 Å². The number of halogens is 1. The third-order valence-corrected chi connectivity index (χ3v) is 6.70. The van der Waals surface area contributed by atoms with Crippen LogP contribution in [0.2, 0.25) is 0 Å². The number of nitrogens with zero attached hydrogens (tertiary/aromatic N) is 2. The lowest BCUT2D eigenvalue weighted by atomic mass is 10.2. The largest absolute Gasteiger partial charge is 0.492 e. The molecule has 0 aliphatic carbocycles. The van der Waals surface area contributed by atoms with E-state index < -0.39 is 10.0 Å². The molecule has 7 heteroatoms. The summed E-state index contributed by atoms with van der Waals surface area (Å²) in [6.45, 7) is 5.50. The monoisotopic (exact) mass is 392 g/mol. The summed E-state index contributed by atoms with van der Waals surface area (Å²) in [4.78, 5) is 2.53. The molecule has 0 aromatic heterocycles. The molecule has 0 amide bonds. The molecule has 0 radical (unpaired) electrons. The first-order valence-electron chi connectivity index (χ1n) is 9.19. The molecule has 1 heterocycles. The summed E-state index contributed by atoms with van der Waals surface area (Å²) in [7, 11) is -3.44. The Morgan fingerprint density at radius 1 is 0.963 bits per heavy atom. The maximum atomic E-state index is 12.9. The normalized spacial score (nSPS) is 16.4. The maximum Gasteiger partial charge on any atom is 0.243 e. The van der Waals surface area contributed by atoms with Crippen LogP contribution in [0.4, 0.5) is 4.39 Å². The molecule has 3 rings (SSSR count). The Morgan fingerprint density at radius 3 is 2.19 bits per heavy atom. The van der Waals surface area contributed by atoms with Gasteiger partial charge >= 0.3 is 0 Å². The van der Waals surface area contributed by atoms with Crippen LogP contribution in [0.5, 0.6) is 5.75 Å². The zero-order valence-corrected chi connectivity index (χ0v) is 16.3. The molecule has 1 fully saturated rings. The highest BCUT2D eigenvalue weighted by atomic mass is 32.2. The summed E-state index contributed by atoms with van der Waals surface area (Å²) in [5.74, 6) is 0.345. The van der Waals surface area contributed by atoms with Gasteiger partial charge in [0.2, 0.25) is 10.0 Å². The van der Waals surface area contributed by atoms with Crippen LogP contribution in [0.1, 0.15) is 12.5 Å². The molecule has 0 atom stereocenters. The molecule has 0 N–H and O–H groups in total. The molecule has 2 aromatic rings. The van der Waals surface area contributed by atoms with E-state index in [1.165, 1.54) is 12.1 Å². The first kappa shape index (κ1) is 19.8. The molecular formula is C20H25FN2O3S. The van der Waals surface area contributed by atoms with Gasteiger partial charge in [0.1, 0.15) is 18.2 Å². The van der Waals surface area contributed by atoms with Crippen LogP contribution in [0.15, 0.2) is 53.4 Å². The summed E-state index contributed by atoms with van der Waals surface area (Å²) >= 11 is 0. The predicted molar refractivity (Wildman–Crippen MR) is 103 cm³/mol. The number of aryl methyl sites for hydroxylation is 1. The second-order valence-corrected chi connectivity index (χ2v) is 8.48. The number of hydrogen-bond donors (Lipinski definition) is 0. The van der Waals surface area contributed by atoms with Gasteiger partial charge in [-0.05, 0) is 48.4 Å². The fourth-order valence-electron chi connectivity index (χ4n) is 3.06. The van der Waals surface area contributed by atoms with Crippen molar-refractivity contribution in [1.82, 2.24) is 9.21 Å². The molecule has 1 saturated heterocycles. The zero-order chi connectivity index (χ0) is 19.3. The number of rotatable bonds is 7.